The molecule has 0 amide bonds. The van der Waals surface area contributed by atoms with Crippen molar-refractivity contribution in [1.29, 1.82) is 0 Å². The van der Waals surface area contributed by atoms with Crippen molar-refractivity contribution in [3.8, 4) is 0 Å². The summed E-state index contributed by atoms with van der Waals surface area (Å²) >= 11 is 0. The van der Waals surface area contributed by atoms with Gasteiger partial charge in [-0.05, 0) is 38.9 Å². The van der Waals surface area contributed by atoms with Gasteiger partial charge < -0.3 is 23.7 Å². The smallest absolute Gasteiger partial charge is 0.192 e. The second-order valence-electron chi connectivity index (χ2n) is 8.35. The molecule has 0 aromatic heterocycles. The lowest BCUT2D eigenvalue weighted by Gasteiger charge is -2.38. The summed E-state index contributed by atoms with van der Waals surface area (Å²) in [5, 5.41) is 10.9. The molecule has 0 bridgehead atoms. The number of fused-ring (bicyclic) bond motifs is 1. The molecule has 2 saturated heterocycles. The summed E-state index contributed by atoms with van der Waals surface area (Å²) in [7, 11) is -1.87. The van der Waals surface area contributed by atoms with Gasteiger partial charge in [0.05, 0.1) is 6.61 Å². The average molecular weight is 318 g/mol. The lowest BCUT2D eigenvalue weighted by atomic mass is 9.95. The minimum Gasteiger partial charge on any atom is -0.414 e. The molecule has 2 rings (SSSR count). The van der Waals surface area contributed by atoms with E-state index in [1.165, 1.54) is 0 Å². The molecule has 0 spiro atoms. The summed E-state index contributed by atoms with van der Waals surface area (Å²) in [6.07, 6.45) is -1.43. The van der Waals surface area contributed by atoms with Crippen LogP contribution < -0.4 is 0 Å². The number of hydrogen-bond acceptors (Lipinski definition) is 5. The number of hydrogen-bond donors (Lipinski definition) is 1. The summed E-state index contributed by atoms with van der Waals surface area (Å²) < 4.78 is 23.5. The van der Waals surface area contributed by atoms with Crippen LogP contribution in [0.15, 0.2) is 0 Å². The highest BCUT2D eigenvalue weighted by atomic mass is 28.4. The van der Waals surface area contributed by atoms with E-state index in [2.05, 4.69) is 33.9 Å². The molecule has 21 heavy (non-hydrogen) atoms. The standard InChI is InChI=1S/C15H30O5Si/c1-13(2,3)21(7,8)17-9-10-15(6,16)11-12(18-10)20-14(4,5)19-11/h10-12,16H,9H2,1-8H3. The molecule has 0 aliphatic carbocycles. The number of rotatable bonds is 3. The van der Waals surface area contributed by atoms with Gasteiger partial charge in [-0.15, -0.1) is 0 Å². The molecular formula is C15H30O5Si. The molecule has 0 radical (unpaired) electrons. The molecule has 2 aliphatic rings. The van der Waals surface area contributed by atoms with Crippen molar-refractivity contribution in [3.63, 3.8) is 0 Å². The van der Waals surface area contributed by atoms with Crippen molar-refractivity contribution in [2.75, 3.05) is 6.61 Å². The summed E-state index contributed by atoms with van der Waals surface area (Å²) in [5.74, 6) is -0.718. The quantitative estimate of drug-likeness (QED) is 0.811. The van der Waals surface area contributed by atoms with Crippen LogP contribution in [0.25, 0.3) is 0 Å². The van der Waals surface area contributed by atoms with Crippen LogP contribution in [0.1, 0.15) is 41.5 Å². The first kappa shape index (κ1) is 17.4. The first-order chi connectivity index (χ1) is 9.26. The van der Waals surface area contributed by atoms with E-state index in [1.807, 2.05) is 13.8 Å². The minimum atomic E-state index is -1.87. The molecule has 5 nitrogen and oxygen atoms in total. The summed E-state index contributed by atoms with van der Waals surface area (Å²) in [5.41, 5.74) is -1.11. The van der Waals surface area contributed by atoms with Gasteiger partial charge in [0.2, 0.25) is 0 Å². The van der Waals surface area contributed by atoms with Gasteiger partial charge >= 0.3 is 0 Å². The minimum absolute atomic E-state index is 0.127. The van der Waals surface area contributed by atoms with Crippen LogP contribution in [0.3, 0.4) is 0 Å². The van der Waals surface area contributed by atoms with Gasteiger partial charge in [-0.2, -0.15) is 0 Å². The Morgan fingerprint density at radius 3 is 2.19 bits per heavy atom. The van der Waals surface area contributed by atoms with Crippen molar-refractivity contribution < 1.29 is 23.7 Å². The lowest BCUT2D eigenvalue weighted by molar-refractivity contribution is -0.230. The fourth-order valence-corrected chi connectivity index (χ4v) is 3.42. The molecule has 0 saturated carbocycles. The van der Waals surface area contributed by atoms with Crippen molar-refractivity contribution >= 4 is 8.32 Å². The van der Waals surface area contributed by atoms with Crippen molar-refractivity contribution in [3.05, 3.63) is 0 Å². The first-order valence-corrected chi connectivity index (χ1v) is 10.5. The van der Waals surface area contributed by atoms with Crippen LogP contribution in [-0.2, 0) is 18.6 Å². The molecule has 2 heterocycles. The zero-order valence-corrected chi connectivity index (χ0v) is 15.5. The normalized spacial score (nSPS) is 39.6. The van der Waals surface area contributed by atoms with E-state index >= 15 is 0 Å². The maximum atomic E-state index is 10.8. The van der Waals surface area contributed by atoms with Gasteiger partial charge in [-0.3, -0.25) is 0 Å². The SMILES string of the molecule is CC1(C)OC2OC(CO[Si](C)(C)C(C)(C)C)C(C)(O)C2O1. The molecule has 2 aliphatic heterocycles. The van der Waals surface area contributed by atoms with Crippen LogP contribution >= 0.6 is 0 Å². The highest BCUT2D eigenvalue weighted by Gasteiger charge is 2.61. The Morgan fingerprint density at radius 2 is 1.71 bits per heavy atom. The van der Waals surface area contributed by atoms with Gasteiger partial charge in [0.1, 0.15) is 17.8 Å². The number of ether oxygens (including phenoxy) is 3. The highest BCUT2D eigenvalue weighted by Crippen LogP contribution is 2.44. The molecule has 124 valence electrons. The number of aliphatic hydroxyl groups is 1. The molecule has 6 heteroatoms. The highest BCUT2D eigenvalue weighted by molar-refractivity contribution is 6.74. The second-order valence-corrected chi connectivity index (χ2v) is 13.2. The van der Waals surface area contributed by atoms with Gasteiger partial charge in [0, 0.05) is 0 Å². The van der Waals surface area contributed by atoms with Gasteiger partial charge in [0.15, 0.2) is 20.4 Å². The fourth-order valence-electron chi connectivity index (χ4n) is 2.42. The molecule has 4 unspecified atom stereocenters. The van der Waals surface area contributed by atoms with Crippen molar-refractivity contribution in [1.82, 2.24) is 0 Å². The molecular weight excluding hydrogens is 288 g/mol. The van der Waals surface area contributed by atoms with Crippen LogP contribution in [0, 0.1) is 0 Å². The zero-order chi connectivity index (χ0) is 16.3. The molecule has 2 fully saturated rings. The third kappa shape index (κ3) is 3.21. The topological polar surface area (TPSA) is 57.2 Å². The third-order valence-electron chi connectivity index (χ3n) is 4.99. The van der Waals surface area contributed by atoms with Crippen LogP contribution in [0.5, 0.6) is 0 Å². The van der Waals surface area contributed by atoms with Gasteiger partial charge in [-0.25, -0.2) is 0 Å². The van der Waals surface area contributed by atoms with Crippen LogP contribution in [0.2, 0.25) is 18.1 Å². The molecule has 4 atom stereocenters. The summed E-state index contributed by atoms with van der Waals surface area (Å²) in [6, 6.07) is 0. The van der Waals surface area contributed by atoms with E-state index in [4.69, 9.17) is 18.6 Å². The first-order valence-electron chi connectivity index (χ1n) is 7.64. The predicted molar refractivity (Wildman–Crippen MR) is 82.5 cm³/mol. The van der Waals surface area contributed by atoms with E-state index < -0.39 is 38.2 Å². The monoisotopic (exact) mass is 318 g/mol. The molecule has 0 aromatic rings. The zero-order valence-electron chi connectivity index (χ0n) is 14.5. The Labute approximate surface area is 129 Å². The Balaban J connectivity index is 2.01. The Hall–Kier alpha value is 0.0169. The predicted octanol–water partition coefficient (Wildman–Crippen LogP) is 2.64. The molecule has 0 aromatic carbocycles. The second kappa shape index (κ2) is 5.01. The van der Waals surface area contributed by atoms with Gasteiger partial charge in [-0.1, -0.05) is 20.8 Å². The van der Waals surface area contributed by atoms with E-state index in [0.29, 0.717) is 6.61 Å². The Bertz CT molecular complexity index is 399. The van der Waals surface area contributed by atoms with E-state index in [1.54, 1.807) is 6.92 Å². The van der Waals surface area contributed by atoms with Gasteiger partial charge in [0.25, 0.3) is 0 Å². The Kier molecular flexibility index (Phi) is 4.14. The van der Waals surface area contributed by atoms with Crippen molar-refractivity contribution in [2.45, 2.75) is 89.6 Å². The van der Waals surface area contributed by atoms with Crippen molar-refractivity contribution in [2.24, 2.45) is 0 Å². The largest absolute Gasteiger partial charge is 0.414 e. The van der Waals surface area contributed by atoms with Crippen LogP contribution in [0.4, 0.5) is 0 Å². The fraction of sp³-hybridized carbons (Fsp3) is 1.00. The maximum Gasteiger partial charge on any atom is 0.192 e. The van der Waals surface area contributed by atoms with Crippen LogP contribution in [-0.4, -0.2) is 49.9 Å². The average Bonchev–Trinajstić information content (AvgIpc) is 2.68. The van der Waals surface area contributed by atoms with E-state index in [9.17, 15) is 5.11 Å². The van der Waals surface area contributed by atoms with E-state index in [-0.39, 0.29) is 5.04 Å². The summed E-state index contributed by atoms with van der Waals surface area (Å²) in [4.78, 5) is 0. The van der Waals surface area contributed by atoms with E-state index in [0.717, 1.165) is 0 Å². The summed E-state index contributed by atoms with van der Waals surface area (Å²) in [6.45, 7) is 16.7. The lowest BCUT2D eigenvalue weighted by Crippen LogP contribution is -2.50. The third-order valence-corrected chi connectivity index (χ3v) is 9.49. The maximum absolute atomic E-state index is 10.8. The Morgan fingerprint density at radius 1 is 1.14 bits per heavy atom. The molecule has 1 N–H and O–H groups in total.